The molecule has 0 unspecified atom stereocenters. The van der Waals surface area contributed by atoms with Crippen LogP contribution < -0.4 is 0 Å². The molecule has 0 radical (unpaired) electrons. The maximum Gasteiger partial charge on any atom is 0.136 e. The van der Waals surface area contributed by atoms with Crippen LogP contribution in [0.15, 0.2) is 511 Å². The SMILES string of the molecule is c1ccc(-c2cc(-c3ccccc3)cc(-n3c4ccccc4c4cc5c6c7c(ccc6n(-c6ccccc6)c5cc43)oc3ccccc37)c2)cc1.c1ccc(-c2cccc(-n3c4ccccc4c4cc5c6c7c(ccc6n(-c6ccccc6)c5cc43)oc3ccc(-c4ccccc4)cc37)c2)cc1.c1ccc(-n2c3ccccc3c3cc4c5c6c(ccc5n(-c5ccccc5)c4cc32)oc2ccccc26)cc1. The standard InChI is InChI=1S/2C48H30N2O.C36H22N2O/c1-4-14-31(15-5-1)33-26-34(32-16-6-2-7-17-32)28-36(27-33)50-41-22-12-10-20-37(41)39-29-40-44(30-43(39)50)49(35-18-8-3-9-19-35)42-24-25-46-48(47(40)42)38-21-11-13-23-45(38)51-46;1-4-13-31(14-5-1)33-17-12-20-36(27-33)50-41-22-11-10-21-37(41)38-29-39-44(30-43(38)50)49(35-18-8-3-9-19-35)42-24-26-46-48(47(39)42)40-28-34(23-25-45(40)51-46)32-15-6-2-7-16-32;1-3-11-23(12-4-1)37-29-17-9-7-15-25(29)27-21-28-32(22-31(27)37)38(24-13-5-2-6-14-24)30-19-20-34-36(35(28)30)26-16-8-10-18-33(26)39-34/h2*1-30H;1-22H. The molecule has 9 heterocycles. The van der Waals surface area contributed by atoms with E-state index in [-0.39, 0.29) is 0 Å². The fourth-order valence-electron chi connectivity index (χ4n) is 23.0. The zero-order valence-corrected chi connectivity index (χ0v) is 76.3. The fraction of sp³-hybridized carbons (Fsp3) is 0. The molecule has 0 bridgehead atoms. The van der Waals surface area contributed by atoms with Gasteiger partial charge in [-0.15, -0.1) is 0 Å². The molecular weight excluding hydrogens is 1720 g/mol. The maximum atomic E-state index is 6.57. The van der Waals surface area contributed by atoms with E-state index in [0.29, 0.717) is 0 Å². The average Bonchev–Trinajstić information content (AvgIpc) is 1.54. The molecule has 141 heavy (non-hydrogen) atoms. The van der Waals surface area contributed by atoms with E-state index >= 15 is 0 Å². The first-order valence-electron chi connectivity index (χ1n) is 48.2. The van der Waals surface area contributed by atoms with Gasteiger partial charge in [-0.3, -0.25) is 0 Å². The topological polar surface area (TPSA) is 69.0 Å². The van der Waals surface area contributed by atoms with E-state index in [1.54, 1.807) is 0 Å². The van der Waals surface area contributed by atoms with Crippen LogP contribution in [-0.2, 0) is 0 Å². The van der Waals surface area contributed by atoms with Gasteiger partial charge in [0.25, 0.3) is 0 Å². The lowest BCUT2D eigenvalue weighted by atomic mass is 9.98. The van der Waals surface area contributed by atoms with Crippen LogP contribution in [0.4, 0.5) is 0 Å². The number of rotatable bonds is 10. The highest BCUT2D eigenvalue weighted by Crippen LogP contribution is 2.51. The largest absolute Gasteiger partial charge is 0.456 e. The Kier molecular flexibility index (Phi) is 17.9. The monoisotopic (exact) mass is 1800 g/mol. The van der Waals surface area contributed by atoms with E-state index in [2.05, 4.69) is 513 Å². The average molecular weight is 1800 g/mol. The first kappa shape index (κ1) is 79.4. The van der Waals surface area contributed by atoms with Gasteiger partial charge in [0.15, 0.2) is 0 Å². The Bertz CT molecular complexity index is 10400. The van der Waals surface area contributed by atoms with Crippen LogP contribution in [0.25, 0.3) is 275 Å². The molecule has 0 N–H and O–H groups in total. The van der Waals surface area contributed by atoms with Crippen molar-refractivity contribution in [3.63, 3.8) is 0 Å². The second-order valence-corrected chi connectivity index (χ2v) is 36.9. The lowest BCUT2D eigenvalue weighted by molar-refractivity contribution is 0.669. The Morgan fingerprint density at radius 1 is 0.106 bits per heavy atom. The van der Waals surface area contributed by atoms with Crippen LogP contribution in [0.5, 0.6) is 0 Å². The van der Waals surface area contributed by atoms with E-state index in [9.17, 15) is 0 Å². The van der Waals surface area contributed by atoms with Crippen LogP contribution in [0.2, 0.25) is 0 Å². The summed E-state index contributed by atoms with van der Waals surface area (Å²) in [6.45, 7) is 0. The van der Waals surface area contributed by atoms with E-state index in [4.69, 9.17) is 13.3 Å². The van der Waals surface area contributed by atoms with Crippen LogP contribution in [0.3, 0.4) is 0 Å². The highest BCUT2D eigenvalue weighted by Gasteiger charge is 2.29. The van der Waals surface area contributed by atoms with E-state index in [1.165, 1.54) is 159 Å². The van der Waals surface area contributed by atoms with Gasteiger partial charge in [0.2, 0.25) is 0 Å². The van der Waals surface area contributed by atoms with Crippen molar-refractivity contribution in [2.75, 3.05) is 0 Å². The fourth-order valence-corrected chi connectivity index (χ4v) is 23.0. The molecular formula is C132H82N6O3. The van der Waals surface area contributed by atoms with Gasteiger partial charge in [0, 0.05) is 131 Å². The lowest BCUT2D eigenvalue weighted by Gasteiger charge is -2.14. The second-order valence-electron chi connectivity index (χ2n) is 36.9. The highest BCUT2D eigenvalue weighted by atomic mass is 16.3. The number of benzene rings is 22. The first-order valence-corrected chi connectivity index (χ1v) is 48.2. The number of nitrogens with zero attached hydrogens (tertiary/aromatic N) is 6. The molecule has 0 aliphatic heterocycles. The molecule has 9 aromatic heterocycles. The number of fused-ring (bicyclic) bond motifs is 30. The maximum absolute atomic E-state index is 6.57. The van der Waals surface area contributed by atoms with Crippen LogP contribution in [0.1, 0.15) is 0 Å². The molecule has 0 amide bonds. The van der Waals surface area contributed by atoms with Gasteiger partial charge in [0.05, 0.1) is 66.2 Å². The zero-order valence-electron chi connectivity index (χ0n) is 76.3. The Morgan fingerprint density at radius 2 is 0.362 bits per heavy atom. The molecule has 31 aromatic rings. The quantitative estimate of drug-likeness (QED) is 0.137. The van der Waals surface area contributed by atoms with Gasteiger partial charge in [-0.1, -0.05) is 303 Å². The number of para-hydroxylation sites is 9. The van der Waals surface area contributed by atoms with Crippen LogP contribution in [-0.4, -0.2) is 27.4 Å². The molecule has 9 nitrogen and oxygen atoms in total. The summed E-state index contributed by atoms with van der Waals surface area (Å²) in [6.07, 6.45) is 0. The van der Waals surface area contributed by atoms with Gasteiger partial charge in [-0.25, -0.2) is 0 Å². The third-order valence-electron chi connectivity index (χ3n) is 29.0. The molecule has 9 heteroatoms. The Balaban J connectivity index is 0.000000102. The highest BCUT2D eigenvalue weighted by molar-refractivity contribution is 6.33. The molecule has 0 fully saturated rings. The minimum absolute atomic E-state index is 0.897. The van der Waals surface area contributed by atoms with E-state index in [1.807, 2.05) is 12.1 Å². The molecule has 658 valence electrons. The van der Waals surface area contributed by atoms with Crippen LogP contribution in [0, 0.1) is 0 Å². The van der Waals surface area contributed by atoms with Crippen molar-refractivity contribution in [1.29, 1.82) is 0 Å². The summed E-state index contributed by atoms with van der Waals surface area (Å²) in [6, 6.07) is 178. The van der Waals surface area contributed by atoms with Gasteiger partial charge in [-0.2, -0.15) is 0 Å². The molecule has 0 spiro atoms. The number of aromatic nitrogens is 6. The van der Waals surface area contributed by atoms with E-state index in [0.717, 1.165) is 117 Å². The normalized spacial score (nSPS) is 12.0. The zero-order chi connectivity index (χ0) is 92.4. The Labute approximate surface area is 807 Å². The minimum Gasteiger partial charge on any atom is -0.456 e. The van der Waals surface area contributed by atoms with Crippen molar-refractivity contribution in [1.82, 2.24) is 27.4 Å². The van der Waals surface area contributed by atoms with Crippen LogP contribution >= 0.6 is 0 Å². The van der Waals surface area contributed by atoms with Crippen molar-refractivity contribution in [2.24, 2.45) is 0 Å². The van der Waals surface area contributed by atoms with Gasteiger partial charge in [-0.05, 0) is 239 Å². The number of hydrogen-bond acceptors (Lipinski definition) is 3. The molecule has 0 atom stereocenters. The summed E-state index contributed by atoms with van der Waals surface area (Å²) in [4.78, 5) is 0. The van der Waals surface area contributed by atoms with Crippen molar-refractivity contribution in [2.45, 2.75) is 0 Å². The van der Waals surface area contributed by atoms with Crippen molar-refractivity contribution in [3.05, 3.63) is 497 Å². The predicted molar refractivity (Wildman–Crippen MR) is 589 cm³/mol. The second kappa shape index (κ2) is 31.8. The Hall–Kier alpha value is -19.0. The minimum atomic E-state index is 0.897. The van der Waals surface area contributed by atoms with Gasteiger partial charge in [0.1, 0.15) is 33.5 Å². The molecule has 0 saturated heterocycles. The van der Waals surface area contributed by atoms with E-state index < -0.39 is 0 Å². The van der Waals surface area contributed by atoms with Crippen molar-refractivity contribution >= 4 is 197 Å². The molecule has 31 rings (SSSR count). The molecule has 0 saturated carbocycles. The number of furan rings is 3. The van der Waals surface area contributed by atoms with Crippen molar-refractivity contribution < 1.29 is 13.3 Å². The van der Waals surface area contributed by atoms with Gasteiger partial charge < -0.3 is 40.7 Å². The summed E-state index contributed by atoms with van der Waals surface area (Å²) in [5, 5.41) is 21.6. The molecule has 0 aliphatic carbocycles. The molecule has 0 aliphatic rings. The first-order chi connectivity index (χ1) is 70.0. The summed E-state index contributed by atoms with van der Waals surface area (Å²) in [5.74, 6) is 0. The third-order valence-corrected chi connectivity index (χ3v) is 29.0. The smallest absolute Gasteiger partial charge is 0.136 e. The summed E-state index contributed by atoms with van der Waals surface area (Å²) < 4.78 is 33.8. The molecule has 22 aromatic carbocycles. The lowest BCUT2D eigenvalue weighted by Crippen LogP contribution is -1.97. The number of hydrogen-bond donors (Lipinski definition) is 0. The Morgan fingerprint density at radius 3 is 0.738 bits per heavy atom. The van der Waals surface area contributed by atoms with Gasteiger partial charge >= 0.3 is 0 Å². The van der Waals surface area contributed by atoms with Crippen molar-refractivity contribution in [3.8, 4) is 78.6 Å². The third kappa shape index (κ3) is 12.5. The summed E-state index contributed by atoms with van der Waals surface area (Å²) in [5.41, 5.74) is 35.9. The predicted octanol–water partition coefficient (Wildman–Crippen LogP) is 36.0. The summed E-state index contributed by atoms with van der Waals surface area (Å²) >= 11 is 0. The summed E-state index contributed by atoms with van der Waals surface area (Å²) in [7, 11) is 0.